The largest absolute Gasteiger partial charge is 0.369 e. The molecule has 5 nitrogen and oxygen atoms in total. The van der Waals surface area contributed by atoms with Crippen molar-refractivity contribution < 1.29 is 0 Å². The number of hydrogen-bond donors (Lipinski definition) is 2. The average Bonchev–Trinajstić information content (AvgIpc) is 2.40. The molecule has 1 unspecified atom stereocenters. The quantitative estimate of drug-likeness (QED) is 0.844. The van der Waals surface area contributed by atoms with Crippen LogP contribution in [0.25, 0.3) is 0 Å². The number of nitrogens with zero attached hydrogens (tertiary/aromatic N) is 3. The van der Waals surface area contributed by atoms with E-state index in [0.717, 1.165) is 23.7 Å². The third kappa shape index (κ3) is 3.16. The van der Waals surface area contributed by atoms with Gasteiger partial charge in [-0.15, -0.1) is 0 Å². The summed E-state index contributed by atoms with van der Waals surface area (Å²) >= 11 is 0. The zero-order valence-corrected chi connectivity index (χ0v) is 10.6. The zero-order valence-electron chi connectivity index (χ0n) is 10.6. The molecule has 0 aliphatic carbocycles. The maximum absolute atomic E-state index is 4.42. The lowest BCUT2D eigenvalue weighted by atomic mass is 10.1. The van der Waals surface area contributed by atoms with E-state index < -0.39 is 0 Å². The number of anilines is 2. The van der Waals surface area contributed by atoms with Gasteiger partial charge in [0.25, 0.3) is 0 Å². The highest BCUT2D eigenvalue weighted by Crippen LogP contribution is 2.16. The Morgan fingerprint density at radius 3 is 2.72 bits per heavy atom. The Kier molecular flexibility index (Phi) is 4.06. The summed E-state index contributed by atoms with van der Waals surface area (Å²) < 4.78 is 0. The lowest BCUT2D eigenvalue weighted by Crippen LogP contribution is -2.09. The standard InChI is InChI=1S/C13H17N5/c1-3-16-12-8-15-9-13(18-12)17-10(2)11-5-4-6-14-7-11/h4-10H,3H2,1-2H3,(H2,16,17,18). The van der Waals surface area contributed by atoms with Gasteiger partial charge in [-0.25, -0.2) is 4.98 Å². The van der Waals surface area contributed by atoms with Crippen molar-refractivity contribution in [3.8, 4) is 0 Å². The fraction of sp³-hybridized carbons (Fsp3) is 0.308. The molecule has 1 atom stereocenters. The van der Waals surface area contributed by atoms with Crippen LogP contribution in [0.3, 0.4) is 0 Å². The highest BCUT2D eigenvalue weighted by molar-refractivity contribution is 5.43. The van der Waals surface area contributed by atoms with E-state index in [0.29, 0.717) is 0 Å². The predicted octanol–water partition coefficient (Wildman–Crippen LogP) is 2.48. The van der Waals surface area contributed by atoms with Gasteiger partial charge >= 0.3 is 0 Å². The van der Waals surface area contributed by atoms with Crippen molar-refractivity contribution in [2.24, 2.45) is 0 Å². The average molecular weight is 243 g/mol. The summed E-state index contributed by atoms with van der Waals surface area (Å²) in [6.07, 6.45) is 7.04. The summed E-state index contributed by atoms with van der Waals surface area (Å²) in [5.41, 5.74) is 1.12. The van der Waals surface area contributed by atoms with Crippen LogP contribution < -0.4 is 10.6 Å². The van der Waals surface area contributed by atoms with Crippen molar-refractivity contribution in [3.05, 3.63) is 42.5 Å². The molecule has 0 amide bonds. The smallest absolute Gasteiger partial charge is 0.147 e. The van der Waals surface area contributed by atoms with Crippen molar-refractivity contribution in [1.82, 2.24) is 15.0 Å². The summed E-state index contributed by atoms with van der Waals surface area (Å²) in [6, 6.07) is 4.10. The minimum atomic E-state index is 0.143. The summed E-state index contributed by atoms with van der Waals surface area (Å²) in [4.78, 5) is 12.7. The molecule has 2 heterocycles. The molecule has 0 aliphatic rings. The Hall–Kier alpha value is -2.17. The lowest BCUT2D eigenvalue weighted by molar-refractivity contribution is 0.863. The fourth-order valence-electron chi connectivity index (χ4n) is 1.64. The van der Waals surface area contributed by atoms with Gasteiger partial charge in [-0.3, -0.25) is 9.97 Å². The van der Waals surface area contributed by atoms with Crippen molar-refractivity contribution >= 4 is 11.6 Å². The van der Waals surface area contributed by atoms with Crippen LogP contribution in [0, 0.1) is 0 Å². The van der Waals surface area contributed by atoms with Gasteiger partial charge in [0, 0.05) is 18.9 Å². The molecule has 5 heteroatoms. The van der Waals surface area contributed by atoms with Crippen LogP contribution >= 0.6 is 0 Å². The highest BCUT2D eigenvalue weighted by Gasteiger charge is 2.06. The molecule has 0 spiro atoms. The van der Waals surface area contributed by atoms with Crippen LogP contribution in [0.15, 0.2) is 36.9 Å². The lowest BCUT2D eigenvalue weighted by Gasteiger charge is -2.14. The van der Waals surface area contributed by atoms with E-state index in [1.807, 2.05) is 25.3 Å². The molecule has 2 aromatic heterocycles. The first-order chi connectivity index (χ1) is 8.79. The second-order valence-corrected chi connectivity index (χ2v) is 3.97. The molecule has 0 aromatic carbocycles. The Balaban J connectivity index is 2.07. The highest BCUT2D eigenvalue weighted by atomic mass is 15.1. The molecule has 2 N–H and O–H groups in total. The van der Waals surface area contributed by atoms with E-state index >= 15 is 0 Å². The minimum absolute atomic E-state index is 0.143. The van der Waals surface area contributed by atoms with E-state index in [-0.39, 0.29) is 6.04 Å². The molecule has 2 aromatic rings. The first kappa shape index (κ1) is 12.3. The molecule has 0 radical (unpaired) electrons. The van der Waals surface area contributed by atoms with Crippen molar-refractivity contribution in [2.45, 2.75) is 19.9 Å². The summed E-state index contributed by atoms with van der Waals surface area (Å²) in [5, 5.41) is 6.44. The molecule has 18 heavy (non-hydrogen) atoms. The van der Waals surface area contributed by atoms with Crippen LogP contribution in [0.2, 0.25) is 0 Å². The Bertz CT molecular complexity index is 486. The van der Waals surface area contributed by atoms with Crippen molar-refractivity contribution in [1.29, 1.82) is 0 Å². The Morgan fingerprint density at radius 1 is 1.17 bits per heavy atom. The Morgan fingerprint density at radius 2 is 2.00 bits per heavy atom. The zero-order chi connectivity index (χ0) is 12.8. The molecule has 0 aliphatic heterocycles. The first-order valence-electron chi connectivity index (χ1n) is 6.02. The van der Waals surface area contributed by atoms with Gasteiger partial charge in [0.05, 0.1) is 18.4 Å². The first-order valence-corrected chi connectivity index (χ1v) is 6.02. The molecule has 0 saturated carbocycles. The molecule has 2 rings (SSSR count). The van der Waals surface area contributed by atoms with Gasteiger partial charge in [-0.1, -0.05) is 6.07 Å². The van der Waals surface area contributed by atoms with Gasteiger partial charge < -0.3 is 10.6 Å². The van der Waals surface area contributed by atoms with Crippen LogP contribution in [0.1, 0.15) is 25.5 Å². The predicted molar refractivity (Wildman–Crippen MR) is 72.5 cm³/mol. The fourth-order valence-corrected chi connectivity index (χ4v) is 1.64. The van der Waals surface area contributed by atoms with Crippen LogP contribution in [-0.4, -0.2) is 21.5 Å². The number of nitrogens with one attached hydrogen (secondary N) is 2. The summed E-state index contributed by atoms with van der Waals surface area (Å²) in [5.74, 6) is 1.53. The summed E-state index contributed by atoms with van der Waals surface area (Å²) in [6.45, 7) is 4.93. The number of pyridine rings is 1. The third-order valence-electron chi connectivity index (χ3n) is 2.54. The maximum atomic E-state index is 4.42. The van der Waals surface area contributed by atoms with E-state index in [1.54, 1.807) is 18.6 Å². The molecule has 0 fully saturated rings. The van der Waals surface area contributed by atoms with Gasteiger partial charge in [0.15, 0.2) is 0 Å². The molecular weight excluding hydrogens is 226 g/mol. The van der Waals surface area contributed by atoms with Crippen LogP contribution in [0.4, 0.5) is 11.6 Å². The molecule has 0 saturated heterocycles. The van der Waals surface area contributed by atoms with Gasteiger partial charge in [0.2, 0.25) is 0 Å². The van der Waals surface area contributed by atoms with Crippen LogP contribution in [-0.2, 0) is 0 Å². The molecular formula is C13H17N5. The number of rotatable bonds is 5. The van der Waals surface area contributed by atoms with Crippen LogP contribution in [0.5, 0.6) is 0 Å². The molecule has 0 bridgehead atoms. The second kappa shape index (κ2) is 5.95. The van der Waals surface area contributed by atoms with Crippen molar-refractivity contribution in [2.75, 3.05) is 17.2 Å². The monoisotopic (exact) mass is 243 g/mol. The number of hydrogen-bond acceptors (Lipinski definition) is 5. The molecule has 94 valence electrons. The maximum Gasteiger partial charge on any atom is 0.147 e. The van der Waals surface area contributed by atoms with E-state index in [1.165, 1.54) is 0 Å². The van der Waals surface area contributed by atoms with Gasteiger partial charge in [-0.2, -0.15) is 0 Å². The minimum Gasteiger partial charge on any atom is -0.369 e. The van der Waals surface area contributed by atoms with E-state index in [9.17, 15) is 0 Å². The topological polar surface area (TPSA) is 62.7 Å². The Labute approximate surface area is 107 Å². The SMILES string of the molecule is CCNc1cncc(NC(C)c2cccnc2)n1. The second-order valence-electron chi connectivity index (χ2n) is 3.97. The summed E-state index contributed by atoms with van der Waals surface area (Å²) in [7, 11) is 0. The van der Waals surface area contributed by atoms with Crippen molar-refractivity contribution in [3.63, 3.8) is 0 Å². The van der Waals surface area contributed by atoms with E-state index in [2.05, 4.69) is 32.5 Å². The number of aromatic nitrogens is 3. The van der Waals surface area contributed by atoms with Gasteiger partial charge in [-0.05, 0) is 25.5 Å². The normalized spacial score (nSPS) is 11.9. The van der Waals surface area contributed by atoms with Gasteiger partial charge in [0.1, 0.15) is 11.6 Å². The van der Waals surface area contributed by atoms with E-state index in [4.69, 9.17) is 0 Å². The third-order valence-corrected chi connectivity index (χ3v) is 2.54.